The normalized spacial score (nSPS) is 17.9. The van der Waals surface area contributed by atoms with Crippen molar-refractivity contribution in [2.24, 2.45) is 0 Å². The fourth-order valence-corrected chi connectivity index (χ4v) is 2.87. The van der Waals surface area contributed by atoms with Crippen LogP contribution in [0.2, 0.25) is 0 Å². The molecule has 18 heavy (non-hydrogen) atoms. The van der Waals surface area contributed by atoms with Gasteiger partial charge in [-0.1, -0.05) is 11.8 Å². The van der Waals surface area contributed by atoms with Gasteiger partial charge in [0.25, 0.3) is 0 Å². The molecular weight excluding hydrogens is 248 g/mol. The summed E-state index contributed by atoms with van der Waals surface area (Å²) in [5.41, 5.74) is 0.730. The Kier molecular flexibility index (Phi) is 4.62. The zero-order valence-electron chi connectivity index (χ0n) is 9.85. The van der Waals surface area contributed by atoms with Gasteiger partial charge >= 0.3 is 0 Å². The molecule has 4 nitrogen and oxygen atoms in total. The third kappa shape index (κ3) is 3.49. The van der Waals surface area contributed by atoms with Gasteiger partial charge in [-0.05, 0) is 30.7 Å². The van der Waals surface area contributed by atoms with Crippen molar-refractivity contribution in [3.05, 3.63) is 23.9 Å². The summed E-state index contributed by atoms with van der Waals surface area (Å²) in [6.45, 7) is -0.178. The van der Waals surface area contributed by atoms with Gasteiger partial charge < -0.3 is 10.4 Å². The highest BCUT2D eigenvalue weighted by Crippen LogP contribution is 2.26. The number of nitrogens with one attached hydrogen (secondary N) is 1. The minimum atomic E-state index is -0.178. The fraction of sp³-hybridized carbons (Fsp3) is 0.385. The molecule has 0 aromatic carbocycles. The summed E-state index contributed by atoms with van der Waals surface area (Å²) < 4.78 is 0. The van der Waals surface area contributed by atoms with Crippen LogP contribution < -0.4 is 5.32 Å². The van der Waals surface area contributed by atoms with Crippen LogP contribution in [0.4, 0.5) is 5.82 Å². The molecular formula is C13H14N2O2S. The Balaban J connectivity index is 2.02. The lowest BCUT2D eigenvalue weighted by Crippen LogP contribution is -2.23. The number of rotatable bonds is 2. The molecule has 0 spiro atoms. The number of anilines is 1. The predicted octanol–water partition coefficient (Wildman–Crippen LogP) is 1.26. The van der Waals surface area contributed by atoms with Gasteiger partial charge in [-0.15, -0.1) is 11.8 Å². The number of pyridine rings is 1. The highest BCUT2D eigenvalue weighted by Gasteiger charge is 2.23. The second-order valence-corrected chi connectivity index (χ2v) is 5.19. The van der Waals surface area contributed by atoms with E-state index in [0.717, 1.165) is 24.2 Å². The van der Waals surface area contributed by atoms with Crippen LogP contribution >= 0.6 is 11.8 Å². The molecule has 0 saturated carbocycles. The van der Waals surface area contributed by atoms with E-state index in [1.165, 1.54) is 0 Å². The number of carbonyl (C=O) groups excluding carboxylic acids is 1. The Bertz CT molecular complexity index is 487. The molecule has 1 fully saturated rings. The maximum absolute atomic E-state index is 11.9. The highest BCUT2D eigenvalue weighted by molar-refractivity contribution is 8.00. The largest absolute Gasteiger partial charge is 0.384 e. The average molecular weight is 262 g/mol. The van der Waals surface area contributed by atoms with Crippen LogP contribution in [-0.2, 0) is 4.79 Å². The number of amides is 1. The van der Waals surface area contributed by atoms with E-state index in [9.17, 15) is 4.79 Å². The van der Waals surface area contributed by atoms with Gasteiger partial charge in [0, 0.05) is 11.8 Å². The first kappa shape index (κ1) is 12.9. The second kappa shape index (κ2) is 6.43. The average Bonchev–Trinajstić information content (AvgIpc) is 2.91. The van der Waals surface area contributed by atoms with Crippen molar-refractivity contribution in [2.75, 3.05) is 17.7 Å². The van der Waals surface area contributed by atoms with E-state index >= 15 is 0 Å². The van der Waals surface area contributed by atoms with E-state index < -0.39 is 0 Å². The van der Waals surface area contributed by atoms with E-state index in [1.54, 1.807) is 30.1 Å². The van der Waals surface area contributed by atoms with E-state index in [4.69, 9.17) is 5.11 Å². The maximum atomic E-state index is 11.9. The highest BCUT2D eigenvalue weighted by atomic mass is 32.2. The number of hydrogen-bond donors (Lipinski definition) is 2. The summed E-state index contributed by atoms with van der Waals surface area (Å²) in [4.78, 5) is 16.0. The molecule has 1 atom stereocenters. The van der Waals surface area contributed by atoms with Gasteiger partial charge in [-0.25, -0.2) is 4.98 Å². The van der Waals surface area contributed by atoms with Crippen LogP contribution in [0.3, 0.4) is 0 Å². The monoisotopic (exact) mass is 262 g/mol. The molecule has 2 heterocycles. The first-order valence-electron chi connectivity index (χ1n) is 5.78. The van der Waals surface area contributed by atoms with Crippen LogP contribution in [0.15, 0.2) is 18.3 Å². The van der Waals surface area contributed by atoms with Crippen molar-refractivity contribution >= 4 is 23.5 Å². The van der Waals surface area contributed by atoms with Crippen molar-refractivity contribution in [2.45, 2.75) is 18.1 Å². The lowest BCUT2D eigenvalue weighted by atomic mass is 10.2. The number of hydrogen-bond acceptors (Lipinski definition) is 4. The summed E-state index contributed by atoms with van der Waals surface area (Å²) in [5, 5.41) is 11.5. The van der Waals surface area contributed by atoms with E-state index in [-0.39, 0.29) is 17.8 Å². The smallest absolute Gasteiger partial charge is 0.238 e. The lowest BCUT2D eigenvalue weighted by molar-refractivity contribution is -0.115. The molecule has 1 aromatic heterocycles. The van der Waals surface area contributed by atoms with Gasteiger partial charge in [-0.2, -0.15) is 0 Å². The molecule has 1 amide bonds. The number of aromatic nitrogens is 1. The standard InChI is InChI=1S/C13H14N2O2S/c16-7-1-3-10-5-6-14-12(9-10)15-13(17)11-4-2-8-18-11/h5-6,9,11,16H,2,4,7-8H2,(H,14,15,17). The number of aliphatic hydroxyl groups excluding tert-OH is 1. The first-order valence-corrected chi connectivity index (χ1v) is 6.83. The number of carbonyl (C=O) groups is 1. The Morgan fingerprint density at radius 3 is 3.28 bits per heavy atom. The van der Waals surface area contributed by atoms with Gasteiger partial charge in [0.15, 0.2) is 0 Å². The molecule has 0 radical (unpaired) electrons. The molecule has 1 saturated heterocycles. The minimum absolute atomic E-state index is 0.0114. The summed E-state index contributed by atoms with van der Waals surface area (Å²) in [6.07, 6.45) is 3.62. The van der Waals surface area contributed by atoms with Crippen LogP contribution in [0, 0.1) is 11.8 Å². The molecule has 5 heteroatoms. The van der Waals surface area contributed by atoms with Gasteiger partial charge in [0.05, 0.1) is 5.25 Å². The molecule has 2 N–H and O–H groups in total. The molecule has 0 bridgehead atoms. The lowest BCUT2D eigenvalue weighted by Gasteiger charge is -2.09. The molecule has 1 aromatic rings. The first-order chi connectivity index (χ1) is 8.79. The Hall–Kier alpha value is -1.51. The quantitative estimate of drug-likeness (QED) is 0.788. The number of nitrogens with zero attached hydrogens (tertiary/aromatic N) is 1. The molecule has 0 aliphatic carbocycles. The van der Waals surface area contributed by atoms with Crippen LogP contribution in [-0.4, -0.2) is 33.6 Å². The SMILES string of the molecule is O=C(Nc1cc(C#CCO)ccn1)C1CCCS1. The van der Waals surface area contributed by atoms with E-state index in [2.05, 4.69) is 22.1 Å². The Labute approximate surface area is 110 Å². The molecule has 1 unspecified atom stereocenters. The summed E-state index contributed by atoms with van der Waals surface area (Å²) in [6, 6.07) is 3.45. The van der Waals surface area contributed by atoms with Crippen LogP contribution in [0.1, 0.15) is 18.4 Å². The van der Waals surface area contributed by atoms with Crippen LogP contribution in [0.25, 0.3) is 0 Å². The minimum Gasteiger partial charge on any atom is -0.384 e. The van der Waals surface area contributed by atoms with Crippen molar-refractivity contribution < 1.29 is 9.90 Å². The predicted molar refractivity (Wildman–Crippen MR) is 72.3 cm³/mol. The fourth-order valence-electron chi connectivity index (χ4n) is 1.71. The number of aliphatic hydroxyl groups is 1. The summed E-state index contributed by atoms with van der Waals surface area (Å²) >= 11 is 1.69. The number of thioether (sulfide) groups is 1. The molecule has 1 aliphatic rings. The van der Waals surface area contributed by atoms with Crippen molar-refractivity contribution in [1.82, 2.24) is 4.98 Å². The summed E-state index contributed by atoms with van der Waals surface area (Å²) in [7, 11) is 0. The second-order valence-electron chi connectivity index (χ2n) is 3.88. The van der Waals surface area contributed by atoms with Gasteiger partial charge in [0.2, 0.25) is 5.91 Å². The van der Waals surface area contributed by atoms with Crippen molar-refractivity contribution in [1.29, 1.82) is 0 Å². The van der Waals surface area contributed by atoms with Gasteiger partial charge in [0.1, 0.15) is 12.4 Å². The van der Waals surface area contributed by atoms with Gasteiger partial charge in [-0.3, -0.25) is 4.79 Å². The van der Waals surface area contributed by atoms with E-state index in [0.29, 0.717) is 5.82 Å². The van der Waals surface area contributed by atoms with Crippen molar-refractivity contribution in [3.63, 3.8) is 0 Å². The van der Waals surface area contributed by atoms with Crippen LogP contribution in [0.5, 0.6) is 0 Å². The van der Waals surface area contributed by atoms with Crippen molar-refractivity contribution in [3.8, 4) is 11.8 Å². The molecule has 94 valence electrons. The maximum Gasteiger partial charge on any atom is 0.238 e. The third-order valence-electron chi connectivity index (χ3n) is 2.55. The zero-order valence-corrected chi connectivity index (χ0v) is 10.7. The third-order valence-corrected chi connectivity index (χ3v) is 3.92. The zero-order chi connectivity index (χ0) is 12.8. The van der Waals surface area contributed by atoms with E-state index in [1.807, 2.05) is 0 Å². The Morgan fingerprint density at radius 1 is 1.67 bits per heavy atom. The molecule has 2 rings (SSSR count). The Morgan fingerprint density at radius 2 is 2.56 bits per heavy atom. The molecule has 1 aliphatic heterocycles. The summed E-state index contributed by atoms with van der Waals surface area (Å²) in [5.74, 6) is 6.91. The topological polar surface area (TPSA) is 62.2 Å².